The predicted molar refractivity (Wildman–Crippen MR) is 66.5 cm³/mol. The van der Waals surface area contributed by atoms with Crippen LogP contribution in [0.1, 0.15) is 22.6 Å². The van der Waals surface area contributed by atoms with Crippen LogP contribution in [0.25, 0.3) is 0 Å². The van der Waals surface area contributed by atoms with E-state index in [4.69, 9.17) is 26.1 Å². The van der Waals surface area contributed by atoms with Crippen LogP contribution in [-0.4, -0.2) is 5.16 Å². The molecule has 0 spiro atoms. The van der Waals surface area contributed by atoms with E-state index in [0.29, 0.717) is 28.7 Å². The fourth-order valence-corrected chi connectivity index (χ4v) is 1.73. The van der Waals surface area contributed by atoms with Crippen LogP contribution >= 0.6 is 11.6 Å². The maximum absolute atomic E-state index is 8.97. The molecule has 18 heavy (non-hydrogen) atoms. The number of ether oxygens (including phenoxy) is 1. The molecule has 0 aliphatic carbocycles. The zero-order valence-electron chi connectivity index (χ0n) is 10.0. The largest absolute Gasteiger partial charge is 0.487 e. The molecule has 0 unspecified atom stereocenters. The van der Waals surface area contributed by atoms with E-state index >= 15 is 0 Å². The fraction of sp³-hybridized carbons (Fsp3) is 0.231. The number of rotatable bonds is 3. The average Bonchev–Trinajstić information content (AvgIpc) is 2.67. The van der Waals surface area contributed by atoms with Gasteiger partial charge in [0.2, 0.25) is 0 Å². The van der Waals surface area contributed by atoms with Crippen LogP contribution in [-0.2, 0) is 6.61 Å². The van der Waals surface area contributed by atoms with Crippen LogP contribution < -0.4 is 4.74 Å². The molecule has 0 aliphatic rings. The SMILES string of the molecule is Cc1noc(C)c1COc1cc(Cl)ccc1C#N. The van der Waals surface area contributed by atoms with Gasteiger partial charge in [-0.15, -0.1) is 0 Å². The molecule has 1 heterocycles. The summed E-state index contributed by atoms with van der Waals surface area (Å²) in [5, 5.41) is 13.3. The first-order valence-electron chi connectivity index (χ1n) is 5.36. The molecule has 1 aromatic heterocycles. The summed E-state index contributed by atoms with van der Waals surface area (Å²) >= 11 is 5.88. The molecule has 0 radical (unpaired) electrons. The quantitative estimate of drug-likeness (QED) is 0.851. The highest BCUT2D eigenvalue weighted by Gasteiger charge is 2.11. The summed E-state index contributed by atoms with van der Waals surface area (Å²) in [5.41, 5.74) is 2.12. The number of hydrogen-bond donors (Lipinski definition) is 0. The standard InChI is InChI=1S/C13H11ClN2O2/c1-8-12(9(2)18-16-8)7-17-13-5-11(14)4-3-10(13)6-15/h3-5H,7H2,1-2H3. The van der Waals surface area contributed by atoms with Crippen LogP contribution in [0.4, 0.5) is 0 Å². The minimum absolute atomic E-state index is 0.302. The summed E-state index contributed by atoms with van der Waals surface area (Å²) in [6, 6.07) is 6.97. The molecule has 2 rings (SSSR count). The molecular formula is C13H11ClN2O2. The highest BCUT2D eigenvalue weighted by molar-refractivity contribution is 6.30. The zero-order chi connectivity index (χ0) is 13.1. The lowest BCUT2D eigenvalue weighted by Gasteiger charge is -2.07. The average molecular weight is 263 g/mol. The lowest BCUT2D eigenvalue weighted by Crippen LogP contribution is -1.99. The first-order valence-corrected chi connectivity index (χ1v) is 5.74. The van der Waals surface area contributed by atoms with Gasteiger partial charge in [-0.05, 0) is 26.0 Å². The molecule has 0 saturated carbocycles. The van der Waals surface area contributed by atoms with E-state index in [1.807, 2.05) is 13.8 Å². The van der Waals surface area contributed by atoms with Crippen molar-refractivity contribution in [2.24, 2.45) is 0 Å². The normalized spacial score (nSPS) is 10.1. The smallest absolute Gasteiger partial charge is 0.140 e. The summed E-state index contributed by atoms with van der Waals surface area (Å²) in [7, 11) is 0. The van der Waals surface area contributed by atoms with E-state index in [-0.39, 0.29) is 0 Å². The molecule has 0 saturated heterocycles. The van der Waals surface area contributed by atoms with Crippen molar-refractivity contribution in [3.8, 4) is 11.8 Å². The third kappa shape index (κ3) is 2.47. The van der Waals surface area contributed by atoms with Crippen molar-refractivity contribution < 1.29 is 9.26 Å². The van der Waals surface area contributed by atoms with Gasteiger partial charge in [0.15, 0.2) is 0 Å². The summed E-state index contributed by atoms with van der Waals surface area (Å²) in [6.45, 7) is 3.97. The van der Waals surface area contributed by atoms with Crippen molar-refractivity contribution in [3.05, 3.63) is 45.8 Å². The molecule has 0 N–H and O–H groups in total. The molecule has 0 bridgehead atoms. The van der Waals surface area contributed by atoms with Gasteiger partial charge in [-0.2, -0.15) is 5.26 Å². The van der Waals surface area contributed by atoms with Gasteiger partial charge in [0.05, 0.1) is 16.8 Å². The first-order chi connectivity index (χ1) is 8.61. The monoisotopic (exact) mass is 262 g/mol. The van der Waals surface area contributed by atoms with Crippen LogP contribution in [0, 0.1) is 25.2 Å². The Bertz CT molecular complexity index is 594. The fourth-order valence-electron chi connectivity index (χ4n) is 1.57. The van der Waals surface area contributed by atoms with Crippen LogP contribution in [0.5, 0.6) is 5.75 Å². The van der Waals surface area contributed by atoms with E-state index in [2.05, 4.69) is 11.2 Å². The van der Waals surface area contributed by atoms with Crippen molar-refractivity contribution in [3.63, 3.8) is 0 Å². The van der Waals surface area contributed by atoms with Gasteiger partial charge in [-0.1, -0.05) is 16.8 Å². The highest BCUT2D eigenvalue weighted by Crippen LogP contribution is 2.24. The number of nitriles is 1. The lowest BCUT2D eigenvalue weighted by molar-refractivity contribution is 0.301. The molecule has 0 atom stereocenters. The highest BCUT2D eigenvalue weighted by atomic mass is 35.5. The Morgan fingerprint density at radius 1 is 1.44 bits per heavy atom. The Kier molecular flexibility index (Phi) is 3.54. The molecule has 0 amide bonds. The second kappa shape index (κ2) is 5.11. The van der Waals surface area contributed by atoms with Crippen LogP contribution in [0.3, 0.4) is 0 Å². The summed E-state index contributed by atoms with van der Waals surface area (Å²) in [6.07, 6.45) is 0. The molecule has 5 heteroatoms. The van der Waals surface area contributed by atoms with Crippen molar-refractivity contribution in [1.82, 2.24) is 5.16 Å². The topological polar surface area (TPSA) is 59.1 Å². The van der Waals surface area contributed by atoms with Gasteiger partial charge in [0.1, 0.15) is 24.2 Å². The molecule has 92 valence electrons. The van der Waals surface area contributed by atoms with Crippen molar-refractivity contribution in [2.45, 2.75) is 20.5 Å². The number of benzene rings is 1. The molecule has 0 fully saturated rings. The Hall–Kier alpha value is -1.99. The first kappa shape index (κ1) is 12.5. The van der Waals surface area contributed by atoms with E-state index < -0.39 is 0 Å². The summed E-state index contributed by atoms with van der Waals surface area (Å²) < 4.78 is 10.7. The third-order valence-electron chi connectivity index (χ3n) is 2.62. The number of aromatic nitrogens is 1. The number of aryl methyl sites for hydroxylation is 2. The van der Waals surface area contributed by atoms with Gasteiger partial charge < -0.3 is 9.26 Å². The van der Waals surface area contributed by atoms with E-state index in [9.17, 15) is 0 Å². The maximum Gasteiger partial charge on any atom is 0.140 e. The Morgan fingerprint density at radius 2 is 2.22 bits per heavy atom. The van der Waals surface area contributed by atoms with Gasteiger partial charge in [-0.3, -0.25) is 0 Å². The number of nitrogens with zero attached hydrogens (tertiary/aromatic N) is 2. The maximum atomic E-state index is 8.97. The predicted octanol–water partition coefficient (Wildman–Crippen LogP) is 3.40. The van der Waals surface area contributed by atoms with Crippen molar-refractivity contribution in [1.29, 1.82) is 5.26 Å². The van der Waals surface area contributed by atoms with Crippen LogP contribution in [0.15, 0.2) is 22.7 Å². The Morgan fingerprint density at radius 3 is 2.83 bits per heavy atom. The molecule has 0 aliphatic heterocycles. The third-order valence-corrected chi connectivity index (χ3v) is 2.85. The van der Waals surface area contributed by atoms with Crippen molar-refractivity contribution in [2.75, 3.05) is 0 Å². The van der Waals surface area contributed by atoms with E-state index in [1.165, 1.54) is 0 Å². The Balaban J connectivity index is 2.21. The molecule has 1 aromatic carbocycles. The van der Waals surface area contributed by atoms with Gasteiger partial charge >= 0.3 is 0 Å². The molecule has 4 nitrogen and oxygen atoms in total. The minimum Gasteiger partial charge on any atom is -0.487 e. The summed E-state index contributed by atoms with van der Waals surface area (Å²) in [5.74, 6) is 1.18. The molecule has 2 aromatic rings. The van der Waals surface area contributed by atoms with Gasteiger partial charge in [0.25, 0.3) is 0 Å². The van der Waals surface area contributed by atoms with Crippen molar-refractivity contribution >= 4 is 11.6 Å². The number of halogens is 1. The number of hydrogen-bond acceptors (Lipinski definition) is 4. The summed E-state index contributed by atoms with van der Waals surface area (Å²) in [4.78, 5) is 0. The van der Waals surface area contributed by atoms with E-state index in [0.717, 1.165) is 11.3 Å². The second-order valence-electron chi connectivity index (χ2n) is 3.84. The second-order valence-corrected chi connectivity index (χ2v) is 4.28. The zero-order valence-corrected chi connectivity index (χ0v) is 10.8. The lowest BCUT2D eigenvalue weighted by atomic mass is 10.2. The molecular weight excluding hydrogens is 252 g/mol. The van der Waals surface area contributed by atoms with E-state index in [1.54, 1.807) is 18.2 Å². The Labute approximate surface area is 110 Å². The van der Waals surface area contributed by atoms with Gasteiger partial charge in [0, 0.05) is 11.1 Å². The van der Waals surface area contributed by atoms with Gasteiger partial charge in [-0.25, -0.2) is 0 Å². The minimum atomic E-state index is 0.302. The van der Waals surface area contributed by atoms with Crippen LogP contribution in [0.2, 0.25) is 5.02 Å².